The maximum absolute atomic E-state index is 12.0. The minimum absolute atomic E-state index is 0.00668. The van der Waals surface area contributed by atoms with Gasteiger partial charge < -0.3 is 28.7 Å². The van der Waals surface area contributed by atoms with Crippen molar-refractivity contribution >= 4 is 38.6 Å². The number of ether oxygens (including phenoxy) is 3. The Balaban J connectivity index is 0. The second-order valence-corrected chi connectivity index (χ2v) is 13.3. The number of carboxylic acid groups (broad SMARTS) is 1. The number of carbonyl (C=O) groups is 4. The van der Waals surface area contributed by atoms with Crippen LogP contribution in [0.1, 0.15) is 40.5 Å². The van der Waals surface area contributed by atoms with E-state index in [1.807, 2.05) is 0 Å². The molecule has 0 fully saturated rings. The second-order valence-electron chi connectivity index (χ2n) is 7.52. The van der Waals surface area contributed by atoms with Gasteiger partial charge in [-0.2, -0.15) is 0 Å². The predicted octanol–water partition coefficient (Wildman–Crippen LogP) is 3.22. The highest BCUT2D eigenvalue weighted by atomic mass is 31.2. The van der Waals surface area contributed by atoms with Gasteiger partial charge in [0.05, 0.1) is 19.4 Å². The summed E-state index contributed by atoms with van der Waals surface area (Å²) in [5.41, 5.74) is 0.546. The van der Waals surface area contributed by atoms with Gasteiger partial charge in [0.1, 0.15) is 19.8 Å². The molecule has 2 N–H and O–H groups in total. The normalized spacial score (nSPS) is 13.6. The lowest BCUT2D eigenvalue weighted by Gasteiger charge is -2.16. The smallest absolute Gasteiger partial charge is 0.333 e. The zero-order chi connectivity index (χ0) is 28.4. The zero-order valence-corrected chi connectivity index (χ0v) is 23.1. The van der Waals surface area contributed by atoms with Crippen LogP contribution in [-0.4, -0.2) is 85.0 Å². The summed E-state index contributed by atoms with van der Waals surface area (Å²) in [4.78, 5) is 52.8. The monoisotopic (exact) mass is 556 g/mol. The van der Waals surface area contributed by atoms with Gasteiger partial charge in [0, 0.05) is 35.8 Å². The van der Waals surface area contributed by atoms with Gasteiger partial charge in [-0.15, -0.1) is 0 Å². The van der Waals surface area contributed by atoms with Crippen molar-refractivity contribution in [1.82, 2.24) is 0 Å². The Labute approximate surface area is 211 Å². The first kappa shape index (κ1) is 35.9. The van der Waals surface area contributed by atoms with Crippen LogP contribution in [0.2, 0.25) is 0 Å². The van der Waals surface area contributed by atoms with Gasteiger partial charge in [0.25, 0.3) is 0 Å². The zero-order valence-electron chi connectivity index (χ0n) is 21.4. The van der Waals surface area contributed by atoms with Crippen molar-refractivity contribution in [3.05, 3.63) is 24.3 Å². The molecule has 0 aliphatic carbocycles. The van der Waals surface area contributed by atoms with E-state index < -0.39 is 38.6 Å². The van der Waals surface area contributed by atoms with Crippen molar-refractivity contribution < 1.29 is 57.0 Å². The summed E-state index contributed by atoms with van der Waals surface area (Å²) in [5.74, 6) is -2.67. The molecule has 0 aliphatic heterocycles. The predicted molar refractivity (Wildman–Crippen MR) is 134 cm³/mol. The second kappa shape index (κ2) is 18.9. The van der Waals surface area contributed by atoms with Crippen molar-refractivity contribution in [3.63, 3.8) is 0 Å². The molecule has 208 valence electrons. The summed E-state index contributed by atoms with van der Waals surface area (Å²) in [7, 11) is -6.13. The molecule has 12 nitrogen and oxygen atoms in total. The molecule has 0 amide bonds. The lowest BCUT2D eigenvalue weighted by Crippen LogP contribution is -2.15. The third kappa shape index (κ3) is 20.0. The Kier molecular flexibility index (Phi) is 18.9. The highest BCUT2D eigenvalue weighted by Gasteiger charge is 2.22. The molecule has 0 saturated heterocycles. The van der Waals surface area contributed by atoms with Crippen molar-refractivity contribution in [2.75, 3.05) is 51.1 Å². The SMILES string of the molecule is C=C(C)C(=O)OCCOC(=O)CCP(=O)(O)CC.C=C(C)C(=O)OCCOP(=O)(CC)CCC(=O)O. The first-order valence-electron chi connectivity index (χ1n) is 11.1. The Morgan fingerprint density at radius 3 is 1.64 bits per heavy atom. The van der Waals surface area contributed by atoms with Crippen LogP contribution in [0.25, 0.3) is 0 Å². The summed E-state index contributed by atoms with van der Waals surface area (Å²) in [5, 5.41) is 8.52. The summed E-state index contributed by atoms with van der Waals surface area (Å²) in [6.07, 6.45) is -0.0148. The summed E-state index contributed by atoms with van der Waals surface area (Å²) in [6.45, 7) is 12.9. The molecule has 2 atom stereocenters. The van der Waals surface area contributed by atoms with Crippen LogP contribution in [0.15, 0.2) is 24.3 Å². The van der Waals surface area contributed by atoms with Gasteiger partial charge in [0.2, 0.25) is 14.7 Å². The van der Waals surface area contributed by atoms with E-state index in [0.717, 1.165) is 0 Å². The fourth-order valence-electron chi connectivity index (χ4n) is 1.95. The van der Waals surface area contributed by atoms with Crippen LogP contribution in [0.4, 0.5) is 0 Å². The third-order valence-electron chi connectivity index (χ3n) is 4.23. The van der Waals surface area contributed by atoms with Crippen LogP contribution in [-0.2, 0) is 47.0 Å². The molecule has 0 aromatic carbocycles. The average molecular weight is 556 g/mol. The van der Waals surface area contributed by atoms with Crippen LogP contribution < -0.4 is 0 Å². The minimum Gasteiger partial charge on any atom is -0.481 e. The molecular formula is C22H38O12P2. The number of aliphatic carboxylic acids is 1. The van der Waals surface area contributed by atoms with Crippen molar-refractivity contribution in [3.8, 4) is 0 Å². The van der Waals surface area contributed by atoms with E-state index in [4.69, 9.17) is 23.8 Å². The first-order valence-corrected chi connectivity index (χ1v) is 15.2. The van der Waals surface area contributed by atoms with Crippen LogP contribution in [0.5, 0.6) is 0 Å². The fourth-order valence-corrected chi connectivity index (χ4v) is 4.37. The average Bonchev–Trinajstić information content (AvgIpc) is 2.82. The highest BCUT2D eigenvalue weighted by molar-refractivity contribution is 7.59. The number of carboxylic acids is 1. The molecule has 0 saturated carbocycles. The molecule has 0 spiro atoms. The molecule has 2 unspecified atom stereocenters. The van der Waals surface area contributed by atoms with Crippen LogP contribution in [0, 0.1) is 0 Å². The molecule has 0 heterocycles. The Hall–Kier alpha value is -2.26. The Morgan fingerprint density at radius 1 is 0.750 bits per heavy atom. The van der Waals surface area contributed by atoms with Gasteiger partial charge >= 0.3 is 23.9 Å². The number of rotatable bonds is 17. The Morgan fingerprint density at radius 2 is 1.22 bits per heavy atom. The molecule has 0 bridgehead atoms. The number of esters is 3. The molecule has 0 aromatic rings. The minimum atomic E-state index is -3.19. The number of hydrogen-bond acceptors (Lipinski definition) is 10. The highest BCUT2D eigenvalue weighted by Crippen LogP contribution is 2.46. The summed E-state index contributed by atoms with van der Waals surface area (Å²) < 4.78 is 42.6. The van der Waals surface area contributed by atoms with Gasteiger partial charge in [-0.1, -0.05) is 27.0 Å². The number of hydrogen-bond donors (Lipinski definition) is 2. The summed E-state index contributed by atoms with van der Waals surface area (Å²) in [6, 6.07) is 0. The molecular weight excluding hydrogens is 518 g/mol. The topological polar surface area (TPSA) is 180 Å². The van der Waals surface area contributed by atoms with E-state index in [0.29, 0.717) is 0 Å². The maximum Gasteiger partial charge on any atom is 0.333 e. The lowest BCUT2D eigenvalue weighted by atomic mass is 10.4. The molecule has 0 radical (unpaired) electrons. The standard InChI is InChI=1S/2C11H19O6P/c1-4-18(14,15)8-5-10(12)16-6-7-17-11(13)9(2)3;1-4-18(15,8-5-10(12)13)17-7-6-16-11(14)9(2)3/h2,4-8H2,1,3H3,(H,14,15);2,4-8H2,1,3H3,(H,12,13). The Bertz CT molecular complexity index is 865. The van der Waals surface area contributed by atoms with E-state index in [-0.39, 0.29) is 75.1 Å². The van der Waals surface area contributed by atoms with Crippen molar-refractivity contribution in [2.24, 2.45) is 0 Å². The van der Waals surface area contributed by atoms with E-state index in [2.05, 4.69) is 13.2 Å². The molecule has 14 heteroatoms. The van der Waals surface area contributed by atoms with E-state index >= 15 is 0 Å². The van der Waals surface area contributed by atoms with E-state index in [1.54, 1.807) is 13.8 Å². The fraction of sp³-hybridized carbons (Fsp3) is 0.636. The molecule has 0 aromatic heterocycles. The van der Waals surface area contributed by atoms with Gasteiger partial charge in [-0.25, -0.2) is 9.59 Å². The number of carbonyl (C=O) groups excluding carboxylic acids is 3. The van der Waals surface area contributed by atoms with Crippen LogP contribution >= 0.6 is 14.7 Å². The molecule has 0 aliphatic rings. The largest absolute Gasteiger partial charge is 0.481 e. The first-order chi connectivity index (χ1) is 16.6. The van der Waals surface area contributed by atoms with E-state index in [1.165, 1.54) is 13.8 Å². The molecule has 0 rings (SSSR count). The molecule has 36 heavy (non-hydrogen) atoms. The quantitative estimate of drug-likeness (QED) is 0.0879. The maximum atomic E-state index is 12.0. The lowest BCUT2D eigenvalue weighted by molar-refractivity contribution is -0.149. The van der Waals surface area contributed by atoms with Crippen molar-refractivity contribution in [2.45, 2.75) is 40.5 Å². The third-order valence-corrected chi connectivity index (χ3v) is 8.66. The van der Waals surface area contributed by atoms with Gasteiger partial charge in [-0.3, -0.25) is 18.7 Å². The van der Waals surface area contributed by atoms with E-state index in [9.17, 15) is 33.2 Å². The van der Waals surface area contributed by atoms with Crippen LogP contribution in [0.3, 0.4) is 0 Å². The summed E-state index contributed by atoms with van der Waals surface area (Å²) >= 11 is 0. The van der Waals surface area contributed by atoms with Gasteiger partial charge in [-0.05, 0) is 13.8 Å². The van der Waals surface area contributed by atoms with Crippen molar-refractivity contribution in [1.29, 1.82) is 0 Å². The van der Waals surface area contributed by atoms with Gasteiger partial charge in [0.15, 0.2) is 0 Å².